The molecule has 2 aromatic rings. The van der Waals surface area contributed by atoms with Gasteiger partial charge in [0.05, 0.1) is 23.4 Å². The molecular formula is C26H32N6O4. The maximum atomic E-state index is 13.4. The number of pyridine rings is 1. The van der Waals surface area contributed by atoms with Crippen molar-refractivity contribution in [3.05, 3.63) is 64.0 Å². The highest BCUT2D eigenvalue weighted by Crippen LogP contribution is 2.38. The number of carbonyl (C=O) groups excluding carboxylic acids is 2. The molecule has 3 aliphatic heterocycles. The van der Waals surface area contributed by atoms with Crippen LogP contribution in [0.25, 0.3) is 0 Å². The number of piperazine rings is 1. The van der Waals surface area contributed by atoms with E-state index in [2.05, 4.69) is 20.1 Å². The highest BCUT2D eigenvalue weighted by molar-refractivity contribution is 5.82. The molecule has 0 saturated carbocycles. The Kier molecular flexibility index (Phi) is 7.13. The van der Waals surface area contributed by atoms with Crippen LogP contribution < -0.4 is 10.2 Å². The largest absolute Gasteiger partial charge is 0.365 e. The van der Waals surface area contributed by atoms with Crippen LogP contribution in [-0.2, 0) is 22.4 Å². The molecule has 10 heteroatoms. The molecule has 1 aromatic heterocycles. The molecule has 5 rings (SSSR count). The molecule has 2 amide bonds. The van der Waals surface area contributed by atoms with Gasteiger partial charge in [-0.2, -0.15) is 0 Å². The third-order valence-corrected chi connectivity index (χ3v) is 7.55. The number of hydrogen-bond acceptors (Lipinski definition) is 7. The lowest BCUT2D eigenvalue weighted by Gasteiger charge is -2.49. The van der Waals surface area contributed by atoms with Crippen LogP contribution >= 0.6 is 0 Å². The van der Waals surface area contributed by atoms with Crippen LogP contribution in [0.15, 0.2) is 42.6 Å². The van der Waals surface area contributed by atoms with Crippen LogP contribution in [0.2, 0.25) is 0 Å². The Morgan fingerprint density at radius 1 is 1.11 bits per heavy atom. The Hall–Kier alpha value is -3.53. The van der Waals surface area contributed by atoms with Crippen molar-refractivity contribution in [2.75, 3.05) is 50.7 Å². The highest BCUT2D eigenvalue weighted by atomic mass is 16.6. The monoisotopic (exact) mass is 492 g/mol. The van der Waals surface area contributed by atoms with E-state index in [0.29, 0.717) is 45.6 Å². The summed E-state index contributed by atoms with van der Waals surface area (Å²) in [7, 11) is 0. The first-order valence-corrected chi connectivity index (χ1v) is 12.7. The van der Waals surface area contributed by atoms with E-state index in [1.165, 1.54) is 6.07 Å². The molecule has 0 radical (unpaired) electrons. The summed E-state index contributed by atoms with van der Waals surface area (Å²) < 4.78 is 0. The fourth-order valence-corrected chi connectivity index (χ4v) is 5.67. The van der Waals surface area contributed by atoms with Gasteiger partial charge < -0.3 is 15.1 Å². The third-order valence-electron chi connectivity index (χ3n) is 7.55. The second-order valence-electron chi connectivity index (χ2n) is 9.83. The third kappa shape index (κ3) is 5.18. The summed E-state index contributed by atoms with van der Waals surface area (Å²) in [6, 6.07) is 10.6. The SMILES string of the molecule is O=C(NCCc1ccccn1)[C@@H]1Cc2cc([N+](=O)[O-])ccc2N2CCN(CC(=O)N3CCCC3)C[C@@H]12. The van der Waals surface area contributed by atoms with Crippen molar-refractivity contribution in [1.29, 1.82) is 0 Å². The van der Waals surface area contributed by atoms with E-state index in [9.17, 15) is 19.7 Å². The molecule has 190 valence electrons. The normalized spacial score (nSPS) is 21.6. The average molecular weight is 493 g/mol. The number of aromatic nitrogens is 1. The molecular weight excluding hydrogens is 460 g/mol. The molecule has 1 aromatic carbocycles. The number of nitrogens with one attached hydrogen (secondary N) is 1. The fraction of sp³-hybridized carbons (Fsp3) is 0.500. The highest BCUT2D eigenvalue weighted by Gasteiger charge is 2.42. The molecule has 0 spiro atoms. The molecule has 3 aliphatic rings. The lowest BCUT2D eigenvalue weighted by Crippen LogP contribution is -2.62. The average Bonchev–Trinajstić information content (AvgIpc) is 3.44. The first kappa shape index (κ1) is 24.2. The summed E-state index contributed by atoms with van der Waals surface area (Å²) >= 11 is 0. The van der Waals surface area contributed by atoms with Gasteiger partial charge in [0.25, 0.3) is 5.69 Å². The number of likely N-dealkylation sites (tertiary alicyclic amines) is 1. The molecule has 10 nitrogen and oxygen atoms in total. The Bertz CT molecular complexity index is 1120. The van der Waals surface area contributed by atoms with Crippen molar-refractivity contribution < 1.29 is 14.5 Å². The van der Waals surface area contributed by atoms with Gasteiger partial charge in [0.2, 0.25) is 11.8 Å². The number of rotatable bonds is 7. The first-order chi connectivity index (χ1) is 17.5. The van der Waals surface area contributed by atoms with E-state index in [1.807, 2.05) is 23.1 Å². The van der Waals surface area contributed by atoms with Crippen LogP contribution in [0.3, 0.4) is 0 Å². The van der Waals surface area contributed by atoms with E-state index in [-0.39, 0.29) is 29.5 Å². The Morgan fingerprint density at radius 3 is 2.69 bits per heavy atom. The molecule has 0 aliphatic carbocycles. The number of non-ortho nitro benzene ring substituents is 1. The van der Waals surface area contributed by atoms with E-state index < -0.39 is 4.92 Å². The molecule has 1 N–H and O–H groups in total. The van der Waals surface area contributed by atoms with E-state index in [4.69, 9.17) is 0 Å². The minimum atomic E-state index is -0.393. The zero-order chi connectivity index (χ0) is 25.1. The number of carbonyl (C=O) groups is 2. The van der Waals surface area contributed by atoms with E-state index in [1.54, 1.807) is 18.3 Å². The topological polar surface area (TPSA) is 112 Å². The van der Waals surface area contributed by atoms with Crippen LogP contribution in [0.4, 0.5) is 11.4 Å². The quantitative estimate of drug-likeness (QED) is 0.462. The molecule has 36 heavy (non-hydrogen) atoms. The van der Waals surface area contributed by atoms with Crippen LogP contribution in [-0.4, -0.2) is 83.4 Å². The van der Waals surface area contributed by atoms with Gasteiger partial charge >= 0.3 is 0 Å². The summed E-state index contributed by atoms with van der Waals surface area (Å²) in [6.07, 6.45) is 4.92. The lowest BCUT2D eigenvalue weighted by molar-refractivity contribution is -0.384. The molecule has 2 saturated heterocycles. The predicted octanol–water partition coefficient (Wildman–Crippen LogP) is 1.63. The van der Waals surface area contributed by atoms with E-state index >= 15 is 0 Å². The predicted molar refractivity (Wildman–Crippen MR) is 135 cm³/mol. The minimum absolute atomic E-state index is 0.0383. The van der Waals surface area contributed by atoms with Crippen LogP contribution in [0.5, 0.6) is 0 Å². The van der Waals surface area contributed by atoms with Crippen molar-refractivity contribution in [2.45, 2.75) is 31.7 Å². The van der Waals surface area contributed by atoms with Crippen molar-refractivity contribution in [2.24, 2.45) is 5.92 Å². The zero-order valence-corrected chi connectivity index (χ0v) is 20.3. The molecule has 2 fully saturated rings. The second-order valence-corrected chi connectivity index (χ2v) is 9.83. The van der Waals surface area contributed by atoms with Gasteiger partial charge in [-0.25, -0.2) is 0 Å². The smallest absolute Gasteiger partial charge is 0.269 e. The Labute approximate surface area is 210 Å². The van der Waals surface area contributed by atoms with Crippen LogP contribution in [0.1, 0.15) is 24.1 Å². The Balaban J connectivity index is 1.32. The van der Waals surface area contributed by atoms with Gasteiger partial charge in [0.1, 0.15) is 0 Å². The van der Waals surface area contributed by atoms with Gasteiger partial charge in [-0.3, -0.25) is 29.6 Å². The number of hydrogen-bond donors (Lipinski definition) is 1. The first-order valence-electron chi connectivity index (χ1n) is 12.7. The summed E-state index contributed by atoms with van der Waals surface area (Å²) in [6.45, 7) is 4.48. The van der Waals surface area contributed by atoms with Crippen molar-refractivity contribution >= 4 is 23.2 Å². The number of anilines is 1. The second kappa shape index (κ2) is 10.6. The number of nitro benzene ring substituents is 1. The fourth-order valence-electron chi connectivity index (χ4n) is 5.67. The Morgan fingerprint density at radius 2 is 1.94 bits per heavy atom. The maximum Gasteiger partial charge on any atom is 0.269 e. The maximum absolute atomic E-state index is 13.4. The zero-order valence-electron chi connectivity index (χ0n) is 20.3. The van der Waals surface area contributed by atoms with Crippen molar-refractivity contribution in [3.63, 3.8) is 0 Å². The number of benzene rings is 1. The summed E-state index contributed by atoms with van der Waals surface area (Å²) in [5, 5.41) is 14.4. The summed E-state index contributed by atoms with van der Waals surface area (Å²) in [5.41, 5.74) is 2.73. The van der Waals surface area contributed by atoms with Crippen molar-refractivity contribution in [1.82, 2.24) is 20.1 Å². The van der Waals surface area contributed by atoms with Gasteiger partial charge in [-0.05, 0) is 43.0 Å². The summed E-state index contributed by atoms with van der Waals surface area (Å²) in [5.74, 6) is -0.275. The number of nitro groups is 1. The number of fused-ring (bicyclic) bond motifs is 3. The molecule has 4 heterocycles. The number of amides is 2. The molecule has 2 atom stereocenters. The van der Waals surface area contributed by atoms with Gasteiger partial charge in [0, 0.05) is 75.4 Å². The summed E-state index contributed by atoms with van der Waals surface area (Å²) in [4.78, 5) is 47.8. The minimum Gasteiger partial charge on any atom is -0.365 e. The van der Waals surface area contributed by atoms with Gasteiger partial charge in [-0.1, -0.05) is 6.07 Å². The molecule has 0 unspecified atom stereocenters. The lowest BCUT2D eigenvalue weighted by atomic mass is 9.83. The van der Waals surface area contributed by atoms with E-state index in [0.717, 1.165) is 42.9 Å². The van der Waals surface area contributed by atoms with Crippen LogP contribution in [0, 0.1) is 16.0 Å². The van der Waals surface area contributed by atoms with Crippen molar-refractivity contribution in [3.8, 4) is 0 Å². The number of nitrogens with zero attached hydrogens (tertiary/aromatic N) is 5. The molecule has 0 bridgehead atoms. The van der Waals surface area contributed by atoms with Gasteiger partial charge in [-0.15, -0.1) is 0 Å². The standard InChI is InChI=1S/C26H32N6O4/c33-25(30-11-3-4-12-30)18-29-13-14-31-23-7-6-21(32(35)36)15-19(23)16-22(24(31)17-29)26(34)28-10-8-20-5-1-2-9-27-20/h1-2,5-7,9,15,22,24H,3-4,8,10-14,16-18H2,(H,28,34)/t22-,24+/m1/s1. The van der Waals surface area contributed by atoms with Gasteiger partial charge in [0.15, 0.2) is 0 Å².